The van der Waals surface area contributed by atoms with Crippen molar-refractivity contribution in [2.45, 2.75) is 25.9 Å². The minimum atomic E-state index is -0.460. The maximum absolute atomic E-state index is 12.3. The highest BCUT2D eigenvalue weighted by atomic mass is 16.6. The lowest BCUT2D eigenvalue weighted by Crippen LogP contribution is -2.37. The second kappa shape index (κ2) is 8.96. The Bertz CT molecular complexity index is 898. The predicted molar refractivity (Wildman–Crippen MR) is 107 cm³/mol. The van der Waals surface area contributed by atoms with Gasteiger partial charge in [0, 0.05) is 11.9 Å². The summed E-state index contributed by atoms with van der Waals surface area (Å²) in [7, 11) is 0. The highest BCUT2D eigenvalue weighted by molar-refractivity contribution is 6.06. The van der Waals surface area contributed by atoms with Crippen molar-refractivity contribution in [3.8, 4) is 17.6 Å². The summed E-state index contributed by atoms with van der Waals surface area (Å²) in [6.07, 6.45) is 1.19. The molecule has 1 aliphatic heterocycles. The van der Waals surface area contributed by atoms with Crippen LogP contribution in [0.3, 0.4) is 0 Å². The lowest BCUT2D eigenvalue weighted by atomic mass is 10.0. The van der Waals surface area contributed by atoms with Crippen LogP contribution >= 0.6 is 0 Å². The maximum atomic E-state index is 12.3. The lowest BCUT2D eigenvalue weighted by molar-refractivity contribution is -0.112. The van der Waals surface area contributed by atoms with Crippen molar-refractivity contribution < 1.29 is 14.3 Å². The largest absolute Gasteiger partial charge is 0.486 e. The van der Waals surface area contributed by atoms with E-state index in [2.05, 4.69) is 24.5 Å². The molecular formula is C22H23N3O3. The Morgan fingerprint density at radius 2 is 1.93 bits per heavy atom. The van der Waals surface area contributed by atoms with E-state index in [-0.39, 0.29) is 11.7 Å². The molecule has 0 fully saturated rings. The molecule has 2 aromatic carbocycles. The Balaban J connectivity index is 1.53. The van der Waals surface area contributed by atoms with Crippen molar-refractivity contribution in [3.05, 3.63) is 65.9 Å². The molecule has 0 spiro atoms. The number of nitrogens with one attached hydrogen (secondary N) is 2. The van der Waals surface area contributed by atoms with Gasteiger partial charge < -0.3 is 20.1 Å². The average Bonchev–Trinajstić information content (AvgIpc) is 2.71. The summed E-state index contributed by atoms with van der Waals surface area (Å²) in [6, 6.07) is 17.0. The van der Waals surface area contributed by atoms with Crippen LogP contribution in [-0.2, 0) is 4.79 Å². The molecule has 0 aromatic heterocycles. The number of carbonyl (C=O) groups is 1. The van der Waals surface area contributed by atoms with E-state index >= 15 is 0 Å². The number of rotatable bonds is 6. The first-order valence-corrected chi connectivity index (χ1v) is 9.20. The van der Waals surface area contributed by atoms with Crippen LogP contribution in [0.25, 0.3) is 0 Å². The molecule has 2 N–H and O–H groups in total. The molecule has 0 aliphatic carbocycles. The quantitative estimate of drug-likeness (QED) is 0.594. The first kappa shape index (κ1) is 19.3. The molecule has 1 unspecified atom stereocenters. The van der Waals surface area contributed by atoms with Crippen molar-refractivity contribution in [2.24, 2.45) is 0 Å². The Hall–Kier alpha value is -3.46. The number of nitrogens with zero attached hydrogens (tertiary/aromatic N) is 1. The summed E-state index contributed by atoms with van der Waals surface area (Å²) in [4.78, 5) is 12.3. The zero-order chi connectivity index (χ0) is 19.9. The van der Waals surface area contributed by atoms with Gasteiger partial charge in [0.25, 0.3) is 5.91 Å². The van der Waals surface area contributed by atoms with Gasteiger partial charge in [0.1, 0.15) is 24.4 Å². The number of ether oxygens (including phenoxy) is 2. The summed E-state index contributed by atoms with van der Waals surface area (Å²) >= 11 is 0. The number of hydrogen-bond acceptors (Lipinski definition) is 5. The second-order valence-electron chi connectivity index (χ2n) is 6.81. The standard InChI is InChI=1S/C22H23N3O3/c1-15(2)16-7-9-18(10-8-16)25-22(26)17(11-23)12-24-13-19-14-27-20-5-3-4-6-21(20)28-19/h3-10,12,15,19,24H,13-14H2,1-2H3,(H,25,26)/b17-12-. The van der Waals surface area contributed by atoms with Gasteiger partial charge in [0.2, 0.25) is 0 Å². The number of fused-ring (bicyclic) bond motifs is 1. The number of hydrogen-bond donors (Lipinski definition) is 2. The van der Waals surface area contributed by atoms with Gasteiger partial charge in [-0.1, -0.05) is 38.1 Å². The molecule has 0 bridgehead atoms. The van der Waals surface area contributed by atoms with E-state index in [0.717, 1.165) is 5.75 Å². The number of amides is 1. The molecule has 0 saturated carbocycles. The fraction of sp³-hybridized carbons (Fsp3) is 0.273. The van der Waals surface area contributed by atoms with Crippen LogP contribution in [0, 0.1) is 11.3 Å². The number of para-hydroxylation sites is 2. The number of anilines is 1. The minimum absolute atomic E-state index is 0.00920. The van der Waals surface area contributed by atoms with Gasteiger partial charge >= 0.3 is 0 Å². The third kappa shape index (κ3) is 4.83. The van der Waals surface area contributed by atoms with Crippen molar-refractivity contribution in [1.29, 1.82) is 5.26 Å². The van der Waals surface area contributed by atoms with Gasteiger partial charge in [-0.25, -0.2) is 0 Å². The SMILES string of the molecule is CC(C)c1ccc(NC(=O)/C(C#N)=C\NCC2COc3ccccc3O2)cc1. The summed E-state index contributed by atoms with van der Waals surface area (Å²) in [5, 5.41) is 15.0. The Labute approximate surface area is 164 Å². The summed E-state index contributed by atoms with van der Waals surface area (Å²) < 4.78 is 11.5. The molecular weight excluding hydrogens is 354 g/mol. The van der Waals surface area contributed by atoms with Gasteiger partial charge in [-0.15, -0.1) is 0 Å². The zero-order valence-electron chi connectivity index (χ0n) is 15.9. The molecule has 2 aromatic rings. The van der Waals surface area contributed by atoms with E-state index in [1.165, 1.54) is 11.8 Å². The molecule has 1 amide bonds. The van der Waals surface area contributed by atoms with E-state index in [4.69, 9.17) is 9.47 Å². The monoisotopic (exact) mass is 377 g/mol. The van der Waals surface area contributed by atoms with Crippen molar-refractivity contribution in [2.75, 3.05) is 18.5 Å². The molecule has 1 atom stereocenters. The molecule has 1 heterocycles. The number of nitriles is 1. The molecule has 0 saturated heterocycles. The summed E-state index contributed by atoms with van der Waals surface area (Å²) in [6.45, 7) is 5.02. The molecule has 0 radical (unpaired) electrons. The molecule has 3 rings (SSSR count). The van der Waals surface area contributed by atoms with Gasteiger partial charge in [0.15, 0.2) is 11.5 Å². The first-order valence-electron chi connectivity index (χ1n) is 9.20. The molecule has 6 nitrogen and oxygen atoms in total. The maximum Gasteiger partial charge on any atom is 0.267 e. The van der Waals surface area contributed by atoms with E-state index in [1.807, 2.05) is 54.6 Å². The van der Waals surface area contributed by atoms with Crippen LogP contribution in [0.15, 0.2) is 60.3 Å². The van der Waals surface area contributed by atoms with Gasteiger partial charge in [0.05, 0.1) is 6.54 Å². The van der Waals surface area contributed by atoms with Crippen LogP contribution in [-0.4, -0.2) is 25.2 Å². The predicted octanol–water partition coefficient (Wildman–Crippen LogP) is 3.59. The Morgan fingerprint density at radius 1 is 1.21 bits per heavy atom. The average molecular weight is 377 g/mol. The first-order chi connectivity index (χ1) is 13.6. The molecule has 144 valence electrons. The lowest BCUT2D eigenvalue weighted by Gasteiger charge is -2.26. The Kier molecular flexibility index (Phi) is 6.18. The third-order valence-electron chi connectivity index (χ3n) is 4.36. The highest BCUT2D eigenvalue weighted by Crippen LogP contribution is 2.30. The summed E-state index contributed by atoms with van der Waals surface area (Å²) in [5.74, 6) is 1.36. The van der Waals surface area contributed by atoms with Gasteiger partial charge in [-0.2, -0.15) is 5.26 Å². The fourth-order valence-corrected chi connectivity index (χ4v) is 2.75. The highest BCUT2D eigenvalue weighted by Gasteiger charge is 2.20. The molecule has 1 aliphatic rings. The fourth-order valence-electron chi connectivity index (χ4n) is 2.75. The normalized spacial score (nSPS) is 15.6. The minimum Gasteiger partial charge on any atom is -0.486 e. The van der Waals surface area contributed by atoms with Crippen LogP contribution in [0.1, 0.15) is 25.3 Å². The van der Waals surface area contributed by atoms with Crippen molar-refractivity contribution in [1.82, 2.24) is 5.32 Å². The van der Waals surface area contributed by atoms with Crippen molar-refractivity contribution in [3.63, 3.8) is 0 Å². The smallest absolute Gasteiger partial charge is 0.267 e. The summed E-state index contributed by atoms with van der Waals surface area (Å²) in [5.41, 5.74) is 1.83. The Morgan fingerprint density at radius 3 is 2.61 bits per heavy atom. The van der Waals surface area contributed by atoms with E-state index < -0.39 is 5.91 Å². The second-order valence-corrected chi connectivity index (χ2v) is 6.81. The van der Waals surface area contributed by atoms with Crippen LogP contribution in [0.2, 0.25) is 0 Å². The van der Waals surface area contributed by atoms with Gasteiger partial charge in [-0.05, 0) is 35.7 Å². The van der Waals surface area contributed by atoms with E-state index in [9.17, 15) is 10.1 Å². The van der Waals surface area contributed by atoms with E-state index in [1.54, 1.807) is 0 Å². The van der Waals surface area contributed by atoms with Crippen molar-refractivity contribution >= 4 is 11.6 Å². The number of carbonyl (C=O) groups excluding carboxylic acids is 1. The molecule has 6 heteroatoms. The van der Waals surface area contributed by atoms with Crippen LogP contribution in [0.4, 0.5) is 5.69 Å². The van der Waals surface area contributed by atoms with Crippen LogP contribution < -0.4 is 20.1 Å². The van der Waals surface area contributed by atoms with Crippen LogP contribution in [0.5, 0.6) is 11.5 Å². The zero-order valence-corrected chi connectivity index (χ0v) is 15.9. The molecule has 28 heavy (non-hydrogen) atoms. The third-order valence-corrected chi connectivity index (χ3v) is 4.36. The number of benzene rings is 2. The topological polar surface area (TPSA) is 83.4 Å². The van der Waals surface area contributed by atoms with Gasteiger partial charge in [-0.3, -0.25) is 4.79 Å². The van der Waals surface area contributed by atoms with E-state index in [0.29, 0.717) is 30.5 Å².